The maximum atomic E-state index is 14.0. The summed E-state index contributed by atoms with van der Waals surface area (Å²) >= 11 is 0. The van der Waals surface area contributed by atoms with Crippen LogP contribution in [0.1, 0.15) is 87.0 Å². The molecule has 4 aliphatic carbocycles. The fourth-order valence-electron chi connectivity index (χ4n) is 8.89. The highest BCUT2D eigenvalue weighted by molar-refractivity contribution is 6.05. The van der Waals surface area contributed by atoms with Crippen LogP contribution >= 0.6 is 0 Å². The third-order valence-electron chi connectivity index (χ3n) is 11.2. The van der Waals surface area contributed by atoms with Crippen LogP contribution in [0, 0.1) is 39.4 Å². The van der Waals surface area contributed by atoms with Crippen molar-refractivity contribution in [3.8, 4) is 0 Å². The number of aliphatic hydroxyl groups is 2. The van der Waals surface area contributed by atoms with Crippen LogP contribution in [0.15, 0.2) is 22.8 Å². The van der Waals surface area contributed by atoms with E-state index in [1.807, 2.05) is 41.5 Å². The number of hydrogen-bond acceptors (Lipinski definition) is 6. The van der Waals surface area contributed by atoms with E-state index < -0.39 is 39.8 Å². The van der Waals surface area contributed by atoms with E-state index in [4.69, 9.17) is 5.11 Å². The monoisotopic (exact) mass is 514 g/mol. The Hall–Kier alpha value is -2.12. The molecule has 4 aliphatic rings. The number of ketones is 3. The van der Waals surface area contributed by atoms with Gasteiger partial charge in [0.25, 0.3) is 0 Å². The highest BCUT2D eigenvalue weighted by atomic mass is 16.4. The number of carboxylic acid groups (broad SMARTS) is 1. The molecule has 2 saturated carbocycles. The van der Waals surface area contributed by atoms with E-state index in [1.54, 1.807) is 0 Å². The van der Waals surface area contributed by atoms with E-state index in [-0.39, 0.29) is 59.9 Å². The first-order valence-electron chi connectivity index (χ1n) is 13.6. The summed E-state index contributed by atoms with van der Waals surface area (Å²) in [4.78, 5) is 51.9. The average molecular weight is 515 g/mol. The Morgan fingerprint density at radius 3 is 2.32 bits per heavy atom. The molecule has 8 atom stereocenters. The average Bonchev–Trinajstić information content (AvgIpc) is 2.99. The molecule has 0 amide bonds. The summed E-state index contributed by atoms with van der Waals surface area (Å²) in [5, 5.41) is 31.3. The summed E-state index contributed by atoms with van der Waals surface area (Å²) in [5.74, 6) is -1.52. The van der Waals surface area contributed by atoms with Crippen molar-refractivity contribution < 1.29 is 34.5 Å². The molecule has 7 heteroatoms. The fourth-order valence-corrected chi connectivity index (χ4v) is 8.89. The van der Waals surface area contributed by atoms with Crippen LogP contribution in [0.5, 0.6) is 0 Å². The zero-order chi connectivity index (χ0) is 27.9. The van der Waals surface area contributed by atoms with Crippen LogP contribution in [-0.4, -0.2) is 50.8 Å². The van der Waals surface area contributed by atoms with Crippen LogP contribution in [0.4, 0.5) is 0 Å². The third kappa shape index (κ3) is 3.75. The number of fused-ring (bicyclic) bond motifs is 4. The largest absolute Gasteiger partial charge is 0.478 e. The van der Waals surface area contributed by atoms with E-state index in [0.717, 1.165) is 0 Å². The van der Waals surface area contributed by atoms with Crippen molar-refractivity contribution in [3.05, 3.63) is 22.8 Å². The van der Waals surface area contributed by atoms with Crippen molar-refractivity contribution in [2.45, 2.75) is 99.2 Å². The van der Waals surface area contributed by atoms with E-state index in [1.165, 1.54) is 13.0 Å². The molecule has 0 bridgehead atoms. The maximum Gasteiger partial charge on any atom is 0.331 e. The van der Waals surface area contributed by atoms with Gasteiger partial charge in [-0.1, -0.05) is 34.6 Å². The normalized spacial score (nSPS) is 41.2. The summed E-state index contributed by atoms with van der Waals surface area (Å²) in [5.41, 5.74) is -1.80. The van der Waals surface area contributed by atoms with Gasteiger partial charge < -0.3 is 15.3 Å². The van der Waals surface area contributed by atoms with Gasteiger partial charge in [0.2, 0.25) is 0 Å². The second-order valence-electron chi connectivity index (χ2n) is 13.5. The van der Waals surface area contributed by atoms with Crippen molar-refractivity contribution in [1.29, 1.82) is 0 Å². The van der Waals surface area contributed by atoms with Gasteiger partial charge in [-0.2, -0.15) is 0 Å². The summed E-state index contributed by atoms with van der Waals surface area (Å²) in [6.07, 6.45) is 1.32. The Balaban J connectivity index is 1.77. The van der Waals surface area contributed by atoms with Gasteiger partial charge in [0, 0.05) is 41.2 Å². The van der Waals surface area contributed by atoms with E-state index in [0.29, 0.717) is 30.4 Å². The lowest BCUT2D eigenvalue weighted by atomic mass is 9.42. The number of aliphatic hydroxyl groups excluding tert-OH is 2. The molecular weight excluding hydrogens is 472 g/mol. The molecule has 0 radical (unpaired) electrons. The van der Waals surface area contributed by atoms with Crippen molar-refractivity contribution in [2.24, 2.45) is 39.4 Å². The molecular formula is C30H42O7. The standard InChI is InChI=1S/C30H42O7/c1-15(10-17(31)11-16(2)26(36)37)18-12-23(35)30(7)25-19(32)13-21-27(3,4)22(34)8-9-28(21,5)24(25)20(33)14-29(18,30)6/h11,15,17-19,21,31-32H,8-10,12-14H2,1-7H3,(H,36,37)/b16-11+. The number of carboxylic acids is 1. The van der Waals surface area contributed by atoms with Crippen molar-refractivity contribution >= 4 is 23.3 Å². The Morgan fingerprint density at radius 1 is 1.11 bits per heavy atom. The lowest BCUT2D eigenvalue weighted by Crippen LogP contribution is -2.60. The molecule has 7 nitrogen and oxygen atoms in total. The van der Waals surface area contributed by atoms with Crippen molar-refractivity contribution in [1.82, 2.24) is 0 Å². The molecule has 0 aromatic heterocycles. The predicted molar refractivity (Wildman–Crippen MR) is 137 cm³/mol. The Morgan fingerprint density at radius 2 is 1.73 bits per heavy atom. The van der Waals surface area contributed by atoms with Gasteiger partial charge in [-0.15, -0.1) is 0 Å². The van der Waals surface area contributed by atoms with Crippen molar-refractivity contribution in [2.75, 3.05) is 0 Å². The maximum absolute atomic E-state index is 14.0. The van der Waals surface area contributed by atoms with Gasteiger partial charge in [0.1, 0.15) is 11.6 Å². The number of rotatable bonds is 5. The topological polar surface area (TPSA) is 129 Å². The van der Waals surface area contributed by atoms with Crippen LogP contribution in [-0.2, 0) is 19.2 Å². The van der Waals surface area contributed by atoms with Gasteiger partial charge in [0.15, 0.2) is 5.78 Å². The number of carbonyl (C=O) groups is 4. The first kappa shape index (κ1) is 27.9. The number of carbonyl (C=O) groups excluding carboxylic acids is 3. The lowest BCUT2D eigenvalue weighted by molar-refractivity contribution is -0.146. The van der Waals surface area contributed by atoms with E-state index in [9.17, 15) is 29.4 Å². The van der Waals surface area contributed by atoms with Gasteiger partial charge in [-0.25, -0.2) is 4.79 Å². The molecule has 2 fully saturated rings. The van der Waals surface area contributed by atoms with Crippen LogP contribution in [0.2, 0.25) is 0 Å². The molecule has 0 aromatic carbocycles. The Labute approximate surface area is 219 Å². The van der Waals surface area contributed by atoms with Gasteiger partial charge >= 0.3 is 5.97 Å². The molecule has 0 aromatic rings. The SMILES string of the molecule is C/C(=C\C(O)CC(C)C1CC(=O)C2(C)C3=C(C(=O)CC12C)C1(C)CCC(=O)C(C)(C)C1CC3O)C(=O)O. The van der Waals surface area contributed by atoms with E-state index >= 15 is 0 Å². The summed E-state index contributed by atoms with van der Waals surface area (Å²) in [6.45, 7) is 13.1. The molecule has 0 saturated heterocycles. The van der Waals surface area contributed by atoms with Gasteiger partial charge in [-0.05, 0) is 67.9 Å². The van der Waals surface area contributed by atoms with Gasteiger partial charge in [0.05, 0.1) is 17.6 Å². The van der Waals surface area contributed by atoms with Crippen LogP contribution in [0.25, 0.3) is 0 Å². The molecule has 204 valence electrons. The van der Waals surface area contributed by atoms with Crippen molar-refractivity contribution in [3.63, 3.8) is 0 Å². The van der Waals surface area contributed by atoms with E-state index in [2.05, 4.69) is 0 Å². The minimum Gasteiger partial charge on any atom is -0.478 e. The van der Waals surface area contributed by atoms with Crippen LogP contribution < -0.4 is 0 Å². The zero-order valence-electron chi connectivity index (χ0n) is 23.2. The minimum atomic E-state index is -1.09. The number of hydrogen-bond donors (Lipinski definition) is 3. The van der Waals surface area contributed by atoms with Gasteiger partial charge in [-0.3, -0.25) is 14.4 Å². The molecule has 3 N–H and O–H groups in total. The fraction of sp³-hybridized carbons (Fsp3) is 0.733. The smallest absolute Gasteiger partial charge is 0.331 e. The second kappa shape index (κ2) is 8.70. The molecule has 4 rings (SSSR count). The Bertz CT molecular complexity index is 1130. The third-order valence-corrected chi connectivity index (χ3v) is 11.2. The summed E-state index contributed by atoms with van der Waals surface area (Å²) in [7, 11) is 0. The molecule has 0 spiro atoms. The predicted octanol–water partition coefficient (Wildman–Crippen LogP) is 4.05. The Kier molecular flexibility index (Phi) is 6.56. The highest BCUT2D eigenvalue weighted by Gasteiger charge is 2.70. The quantitative estimate of drug-likeness (QED) is 0.472. The first-order chi connectivity index (χ1) is 16.9. The highest BCUT2D eigenvalue weighted by Crippen LogP contribution is 2.70. The zero-order valence-corrected chi connectivity index (χ0v) is 23.2. The lowest BCUT2D eigenvalue weighted by Gasteiger charge is -2.60. The summed E-state index contributed by atoms with van der Waals surface area (Å²) < 4.78 is 0. The minimum absolute atomic E-state index is 0.00541. The molecule has 0 heterocycles. The molecule has 8 unspecified atom stereocenters. The number of Topliss-reactive ketones (excluding diaryl/α,β-unsaturated/α-hetero) is 3. The molecule has 0 aliphatic heterocycles. The molecule has 37 heavy (non-hydrogen) atoms. The first-order valence-corrected chi connectivity index (χ1v) is 13.6. The number of allylic oxidation sites excluding steroid dienone is 1. The summed E-state index contributed by atoms with van der Waals surface area (Å²) in [6, 6.07) is 0. The number of aliphatic carboxylic acids is 1. The second-order valence-corrected chi connectivity index (χ2v) is 13.5. The van der Waals surface area contributed by atoms with Crippen LogP contribution in [0.3, 0.4) is 0 Å².